The van der Waals surface area contributed by atoms with Crippen LogP contribution in [0, 0.1) is 0 Å². The lowest BCUT2D eigenvalue weighted by atomic mass is 10.4. The smallest absolute Gasteiger partial charge is 0.374 e. The fourth-order valence-corrected chi connectivity index (χ4v) is 0.283. The third kappa shape index (κ3) is 3.17. The van der Waals surface area contributed by atoms with Crippen molar-refractivity contribution < 1.29 is 18.3 Å². The highest BCUT2D eigenvalue weighted by Crippen LogP contribution is 1.99. The third-order valence-corrected chi connectivity index (χ3v) is 0.812. The number of rotatable bonds is 3. The van der Waals surface area contributed by atoms with Crippen molar-refractivity contribution in [2.45, 2.75) is 19.5 Å². The molecule has 0 N–H and O–H groups in total. The first kappa shape index (κ1) is 9.07. The molecule has 1 unspecified atom stereocenters. The topological polar surface area (TPSA) is 26.3 Å². The molecule has 58 valence electrons. The average molecular weight is 150 g/mol. The molecule has 4 heteroatoms. The Morgan fingerprint density at radius 1 is 1.70 bits per heavy atom. The Morgan fingerprint density at radius 2 is 2.20 bits per heavy atom. The van der Waals surface area contributed by atoms with E-state index in [0.29, 0.717) is 0 Å². The Labute approximate surface area is 57.5 Å². The molecule has 0 heterocycles. The summed E-state index contributed by atoms with van der Waals surface area (Å²) >= 11 is 0. The van der Waals surface area contributed by atoms with E-state index in [1.54, 1.807) is 0 Å². The molecule has 0 aliphatic rings. The fraction of sp³-hybridized carbons (Fsp3) is 0.500. The number of carbonyl (C=O) groups is 1. The maximum atomic E-state index is 11.4. The maximum Gasteiger partial charge on any atom is 0.374 e. The second kappa shape index (κ2) is 3.98. The molecule has 0 radical (unpaired) electrons. The van der Waals surface area contributed by atoms with Gasteiger partial charge in [0.2, 0.25) is 0 Å². The molecule has 0 aromatic heterocycles. The van der Waals surface area contributed by atoms with Gasteiger partial charge in [-0.15, -0.1) is 0 Å². The van der Waals surface area contributed by atoms with Crippen molar-refractivity contribution >= 4 is 5.97 Å². The first-order valence-corrected chi connectivity index (χ1v) is 2.69. The van der Waals surface area contributed by atoms with Gasteiger partial charge in [-0.1, -0.05) is 12.7 Å². The van der Waals surface area contributed by atoms with E-state index in [-0.39, 0.29) is 0 Å². The maximum absolute atomic E-state index is 11.4. The zero-order chi connectivity index (χ0) is 8.15. The van der Waals surface area contributed by atoms with Crippen LogP contribution in [0.3, 0.4) is 0 Å². The molecule has 0 saturated heterocycles. The van der Waals surface area contributed by atoms with E-state index in [4.69, 9.17) is 0 Å². The molecule has 0 aromatic carbocycles. The van der Waals surface area contributed by atoms with Gasteiger partial charge in [0, 0.05) is 0 Å². The zero-order valence-electron chi connectivity index (χ0n) is 5.51. The van der Waals surface area contributed by atoms with Crippen molar-refractivity contribution in [3.63, 3.8) is 0 Å². The van der Waals surface area contributed by atoms with Gasteiger partial charge in [0.1, 0.15) is 6.10 Å². The van der Waals surface area contributed by atoms with Gasteiger partial charge in [0.15, 0.2) is 0 Å². The van der Waals surface area contributed by atoms with Crippen LogP contribution in [-0.4, -0.2) is 18.5 Å². The number of halogens is 2. The van der Waals surface area contributed by atoms with Crippen LogP contribution in [-0.2, 0) is 9.53 Å². The molecule has 10 heavy (non-hydrogen) atoms. The van der Waals surface area contributed by atoms with Gasteiger partial charge in [-0.3, -0.25) is 0 Å². The quantitative estimate of drug-likeness (QED) is 0.448. The minimum Gasteiger partial charge on any atom is -0.454 e. The molecule has 0 spiro atoms. The molecule has 0 aliphatic carbocycles. The second-order valence-corrected chi connectivity index (χ2v) is 1.68. The van der Waals surface area contributed by atoms with Crippen LogP contribution in [0.4, 0.5) is 8.78 Å². The van der Waals surface area contributed by atoms with Crippen LogP contribution in [0.15, 0.2) is 12.7 Å². The van der Waals surface area contributed by atoms with Gasteiger partial charge in [-0.05, 0) is 6.92 Å². The summed E-state index contributed by atoms with van der Waals surface area (Å²) in [6, 6.07) is 0. The first-order chi connectivity index (χ1) is 4.57. The SMILES string of the molecule is C=CC(C)OC(=O)C(F)F. The van der Waals surface area contributed by atoms with Crippen molar-refractivity contribution in [2.24, 2.45) is 0 Å². The molecule has 0 aromatic rings. The molecule has 0 aliphatic heterocycles. The summed E-state index contributed by atoms with van der Waals surface area (Å²) in [5, 5.41) is 0. The summed E-state index contributed by atoms with van der Waals surface area (Å²) in [5.74, 6) is -1.51. The zero-order valence-corrected chi connectivity index (χ0v) is 5.51. The molecular formula is C6H8F2O2. The molecular weight excluding hydrogens is 142 g/mol. The summed E-state index contributed by atoms with van der Waals surface area (Å²) in [6.45, 7) is 4.70. The Kier molecular flexibility index (Phi) is 3.61. The standard InChI is InChI=1S/C6H8F2O2/c1-3-4(2)10-6(9)5(7)8/h3-5H,1H2,2H3. The summed E-state index contributed by atoms with van der Waals surface area (Å²) in [7, 11) is 0. The molecule has 0 bridgehead atoms. The van der Waals surface area contributed by atoms with E-state index in [9.17, 15) is 13.6 Å². The van der Waals surface area contributed by atoms with Gasteiger partial charge in [-0.2, -0.15) is 8.78 Å². The molecule has 0 saturated carbocycles. The minimum atomic E-state index is -3.05. The number of hydrogen-bond acceptors (Lipinski definition) is 2. The Balaban J connectivity index is 3.68. The van der Waals surface area contributed by atoms with Crippen LogP contribution >= 0.6 is 0 Å². The van der Waals surface area contributed by atoms with E-state index in [1.807, 2.05) is 0 Å². The Bertz CT molecular complexity index is 134. The summed E-state index contributed by atoms with van der Waals surface area (Å²) in [4.78, 5) is 10.1. The molecule has 0 amide bonds. The summed E-state index contributed by atoms with van der Waals surface area (Å²) in [5.41, 5.74) is 0. The van der Waals surface area contributed by atoms with Crippen molar-refractivity contribution in [3.8, 4) is 0 Å². The van der Waals surface area contributed by atoms with Crippen molar-refractivity contribution in [1.29, 1.82) is 0 Å². The van der Waals surface area contributed by atoms with Crippen LogP contribution < -0.4 is 0 Å². The van der Waals surface area contributed by atoms with E-state index >= 15 is 0 Å². The third-order valence-electron chi connectivity index (χ3n) is 0.812. The largest absolute Gasteiger partial charge is 0.454 e. The van der Waals surface area contributed by atoms with Crippen molar-refractivity contribution in [1.82, 2.24) is 0 Å². The predicted molar refractivity (Wildman–Crippen MR) is 31.8 cm³/mol. The normalized spacial score (nSPS) is 12.8. The molecule has 0 rings (SSSR count). The van der Waals surface area contributed by atoms with Gasteiger partial charge >= 0.3 is 12.4 Å². The lowest BCUT2D eigenvalue weighted by Crippen LogP contribution is -2.18. The molecule has 2 nitrogen and oxygen atoms in total. The van der Waals surface area contributed by atoms with Crippen LogP contribution in [0.25, 0.3) is 0 Å². The number of hydrogen-bond donors (Lipinski definition) is 0. The Hall–Kier alpha value is -0.930. The van der Waals surface area contributed by atoms with Crippen LogP contribution in [0.2, 0.25) is 0 Å². The van der Waals surface area contributed by atoms with E-state index in [1.165, 1.54) is 13.0 Å². The van der Waals surface area contributed by atoms with Crippen molar-refractivity contribution in [2.75, 3.05) is 0 Å². The lowest BCUT2D eigenvalue weighted by molar-refractivity contribution is -0.159. The Morgan fingerprint density at radius 3 is 2.50 bits per heavy atom. The predicted octanol–water partition coefficient (Wildman–Crippen LogP) is 1.37. The number of alkyl halides is 2. The average Bonchev–Trinajstić information content (AvgIpc) is 1.87. The van der Waals surface area contributed by atoms with Gasteiger partial charge in [-0.25, -0.2) is 4.79 Å². The van der Waals surface area contributed by atoms with Gasteiger partial charge in [0.05, 0.1) is 0 Å². The summed E-state index contributed by atoms with van der Waals surface area (Å²) < 4.78 is 27.0. The van der Waals surface area contributed by atoms with Gasteiger partial charge in [0.25, 0.3) is 0 Å². The highest BCUT2D eigenvalue weighted by molar-refractivity contribution is 5.73. The summed E-state index contributed by atoms with van der Waals surface area (Å²) in [6.07, 6.45) is -2.44. The van der Waals surface area contributed by atoms with Crippen molar-refractivity contribution in [3.05, 3.63) is 12.7 Å². The van der Waals surface area contributed by atoms with Crippen LogP contribution in [0.5, 0.6) is 0 Å². The molecule has 0 fully saturated rings. The molecule has 1 atom stereocenters. The number of esters is 1. The van der Waals surface area contributed by atoms with E-state index < -0.39 is 18.5 Å². The monoisotopic (exact) mass is 150 g/mol. The number of ether oxygens (including phenoxy) is 1. The van der Waals surface area contributed by atoms with E-state index in [0.717, 1.165) is 0 Å². The number of carbonyl (C=O) groups excluding carboxylic acids is 1. The van der Waals surface area contributed by atoms with Gasteiger partial charge < -0.3 is 4.74 Å². The lowest BCUT2D eigenvalue weighted by Gasteiger charge is -2.06. The second-order valence-electron chi connectivity index (χ2n) is 1.68. The highest BCUT2D eigenvalue weighted by Gasteiger charge is 2.18. The minimum absolute atomic E-state index is 0.651. The highest BCUT2D eigenvalue weighted by atomic mass is 19.3. The van der Waals surface area contributed by atoms with E-state index in [2.05, 4.69) is 11.3 Å². The van der Waals surface area contributed by atoms with Crippen LogP contribution in [0.1, 0.15) is 6.92 Å². The first-order valence-electron chi connectivity index (χ1n) is 2.69. The fourth-order valence-electron chi connectivity index (χ4n) is 0.283.